The van der Waals surface area contributed by atoms with Gasteiger partial charge in [0.25, 0.3) is 0 Å². The fourth-order valence-electron chi connectivity index (χ4n) is 0.849. The van der Waals surface area contributed by atoms with E-state index in [0.717, 1.165) is 5.39 Å². The standard InChI is InChI=1S/C7H5NO2/c9-6-2-1-5-4-8-10-7(5)3-6/h1-4,9H. The molecule has 1 heterocycles. The summed E-state index contributed by atoms with van der Waals surface area (Å²) in [5.74, 6) is 0.198. The average Bonchev–Trinajstić information content (AvgIpc) is 2.33. The van der Waals surface area contributed by atoms with Crippen LogP contribution in [0.25, 0.3) is 11.0 Å². The third-order valence-electron chi connectivity index (χ3n) is 1.34. The van der Waals surface area contributed by atoms with Gasteiger partial charge in [0.1, 0.15) is 5.75 Å². The zero-order valence-corrected chi connectivity index (χ0v) is 5.11. The molecule has 2 aromatic rings. The summed E-state index contributed by atoms with van der Waals surface area (Å²) in [5, 5.41) is 13.4. The molecule has 0 aliphatic heterocycles. The number of phenolic OH excluding ortho intramolecular Hbond substituents is 1. The van der Waals surface area contributed by atoms with Gasteiger partial charge >= 0.3 is 0 Å². The van der Waals surface area contributed by atoms with E-state index >= 15 is 0 Å². The molecule has 0 unspecified atom stereocenters. The van der Waals surface area contributed by atoms with Crippen LogP contribution in [-0.4, -0.2) is 10.3 Å². The number of nitrogens with zero attached hydrogens (tertiary/aromatic N) is 1. The summed E-state index contributed by atoms with van der Waals surface area (Å²) in [6, 6.07) is 4.88. The highest BCUT2D eigenvalue weighted by Gasteiger charge is 1.96. The van der Waals surface area contributed by atoms with E-state index in [-0.39, 0.29) is 5.75 Å². The maximum absolute atomic E-state index is 8.96. The summed E-state index contributed by atoms with van der Waals surface area (Å²) >= 11 is 0. The Morgan fingerprint density at radius 2 is 2.30 bits per heavy atom. The fraction of sp³-hybridized carbons (Fsp3) is 0. The van der Waals surface area contributed by atoms with E-state index in [0.29, 0.717) is 5.58 Å². The van der Waals surface area contributed by atoms with E-state index in [1.807, 2.05) is 0 Å². The third-order valence-corrected chi connectivity index (χ3v) is 1.34. The topological polar surface area (TPSA) is 46.3 Å². The van der Waals surface area contributed by atoms with E-state index in [1.165, 1.54) is 6.07 Å². The molecule has 0 amide bonds. The van der Waals surface area contributed by atoms with Crippen LogP contribution in [0.4, 0.5) is 0 Å². The average molecular weight is 135 g/mol. The molecule has 3 nitrogen and oxygen atoms in total. The maximum atomic E-state index is 8.96. The Kier molecular flexibility index (Phi) is 0.917. The van der Waals surface area contributed by atoms with Gasteiger partial charge in [-0.25, -0.2) is 0 Å². The first-order valence-corrected chi connectivity index (χ1v) is 2.90. The van der Waals surface area contributed by atoms with E-state index in [1.54, 1.807) is 18.3 Å². The Morgan fingerprint density at radius 1 is 1.40 bits per heavy atom. The third kappa shape index (κ3) is 0.639. The second-order valence-corrected chi connectivity index (χ2v) is 2.05. The number of hydrogen-bond acceptors (Lipinski definition) is 3. The van der Waals surface area contributed by atoms with Gasteiger partial charge in [-0.05, 0) is 12.1 Å². The summed E-state index contributed by atoms with van der Waals surface area (Å²) in [7, 11) is 0. The largest absolute Gasteiger partial charge is 0.508 e. The molecule has 1 aromatic carbocycles. The van der Waals surface area contributed by atoms with Gasteiger partial charge in [0.15, 0.2) is 5.58 Å². The molecule has 0 radical (unpaired) electrons. The second kappa shape index (κ2) is 1.73. The Hall–Kier alpha value is -1.51. The molecule has 1 N–H and O–H groups in total. The first-order valence-electron chi connectivity index (χ1n) is 2.90. The van der Waals surface area contributed by atoms with Crippen molar-refractivity contribution in [2.45, 2.75) is 0 Å². The molecular weight excluding hydrogens is 130 g/mol. The molecular formula is C7H5NO2. The maximum Gasteiger partial charge on any atom is 0.170 e. The Balaban J connectivity index is 2.86. The van der Waals surface area contributed by atoms with Crippen LogP contribution in [0.2, 0.25) is 0 Å². The van der Waals surface area contributed by atoms with Gasteiger partial charge in [-0.15, -0.1) is 0 Å². The van der Waals surface area contributed by atoms with Crippen LogP contribution < -0.4 is 0 Å². The SMILES string of the molecule is Oc1ccc2cnoc2c1. The number of aromatic hydroxyl groups is 1. The van der Waals surface area contributed by atoms with Crippen LogP contribution in [0.15, 0.2) is 28.9 Å². The van der Waals surface area contributed by atoms with Crippen molar-refractivity contribution >= 4 is 11.0 Å². The van der Waals surface area contributed by atoms with Crippen LogP contribution in [0.3, 0.4) is 0 Å². The summed E-state index contributed by atoms with van der Waals surface area (Å²) < 4.78 is 4.79. The van der Waals surface area contributed by atoms with E-state index in [2.05, 4.69) is 5.16 Å². The monoisotopic (exact) mass is 135 g/mol. The van der Waals surface area contributed by atoms with Crippen molar-refractivity contribution in [1.82, 2.24) is 5.16 Å². The number of rotatable bonds is 0. The van der Waals surface area contributed by atoms with Crippen LogP contribution in [0.5, 0.6) is 5.75 Å². The molecule has 10 heavy (non-hydrogen) atoms. The smallest absolute Gasteiger partial charge is 0.170 e. The quantitative estimate of drug-likeness (QED) is 0.595. The van der Waals surface area contributed by atoms with Crippen molar-refractivity contribution in [2.75, 3.05) is 0 Å². The van der Waals surface area contributed by atoms with Crippen molar-refractivity contribution in [1.29, 1.82) is 0 Å². The van der Waals surface area contributed by atoms with Crippen molar-refractivity contribution in [3.8, 4) is 5.75 Å². The highest BCUT2D eigenvalue weighted by Crippen LogP contribution is 2.18. The highest BCUT2D eigenvalue weighted by atomic mass is 16.5. The number of aromatic nitrogens is 1. The molecule has 0 saturated heterocycles. The van der Waals surface area contributed by atoms with Crippen LogP contribution in [-0.2, 0) is 0 Å². The van der Waals surface area contributed by atoms with E-state index in [4.69, 9.17) is 9.63 Å². The van der Waals surface area contributed by atoms with E-state index in [9.17, 15) is 0 Å². The summed E-state index contributed by atoms with van der Waals surface area (Å²) in [5.41, 5.74) is 0.611. The molecule has 50 valence electrons. The summed E-state index contributed by atoms with van der Waals surface area (Å²) in [4.78, 5) is 0. The number of phenols is 1. The van der Waals surface area contributed by atoms with Gasteiger partial charge in [0.2, 0.25) is 0 Å². The summed E-state index contributed by atoms with van der Waals surface area (Å²) in [6.07, 6.45) is 1.61. The molecule has 3 heteroatoms. The number of fused-ring (bicyclic) bond motifs is 1. The molecule has 0 bridgehead atoms. The first kappa shape index (κ1) is 5.29. The lowest BCUT2D eigenvalue weighted by Crippen LogP contribution is -1.62. The van der Waals surface area contributed by atoms with Crippen LogP contribution >= 0.6 is 0 Å². The lowest BCUT2D eigenvalue weighted by Gasteiger charge is -1.86. The normalized spacial score (nSPS) is 10.4. The zero-order valence-electron chi connectivity index (χ0n) is 5.11. The molecule has 0 spiro atoms. The Morgan fingerprint density at radius 3 is 3.20 bits per heavy atom. The van der Waals surface area contributed by atoms with Crippen molar-refractivity contribution in [2.24, 2.45) is 0 Å². The van der Waals surface area contributed by atoms with Crippen LogP contribution in [0.1, 0.15) is 0 Å². The van der Waals surface area contributed by atoms with Gasteiger partial charge in [-0.1, -0.05) is 5.16 Å². The minimum absolute atomic E-state index is 0.198. The lowest BCUT2D eigenvalue weighted by atomic mass is 10.2. The van der Waals surface area contributed by atoms with Crippen molar-refractivity contribution in [3.63, 3.8) is 0 Å². The molecule has 2 rings (SSSR count). The van der Waals surface area contributed by atoms with Crippen molar-refractivity contribution in [3.05, 3.63) is 24.4 Å². The van der Waals surface area contributed by atoms with Gasteiger partial charge < -0.3 is 9.63 Å². The fourth-order valence-corrected chi connectivity index (χ4v) is 0.849. The second-order valence-electron chi connectivity index (χ2n) is 2.05. The Labute approximate surface area is 56.9 Å². The highest BCUT2D eigenvalue weighted by molar-refractivity contribution is 5.77. The lowest BCUT2D eigenvalue weighted by molar-refractivity contribution is 0.449. The van der Waals surface area contributed by atoms with Gasteiger partial charge in [-0.2, -0.15) is 0 Å². The zero-order chi connectivity index (χ0) is 6.97. The number of hydrogen-bond donors (Lipinski definition) is 1. The van der Waals surface area contributed by atoms with Gasteiger partial charge in [0, 0.05) is 11.5 Å². The molecule has 0 aliphatic carbocycles. The molecule has 1 aromatic heterocycles. The predicted octanol–water partition coefficient (Wildman–Crippen LogP) is 1.53. The van der Waals surface area contributed by atoms with Gasteiger partial charge in [0.05, 0.1) is 6.20 Å². The minimum atomic E-state index is 0.198. The van der Waals surface area contributed by atoms with Gasteiger partial charge in [-0.3, -0.25) is 0 Å². The summed E-state index contributed by atoms with van der Waals surface area (Å²) in [6.45, 7) is 0. The predicted molar refractivity (Wildman–Crippen MR) is 35.7 cm³/mol. The Bertz CT molecular complexity index is 353. The van der Waals surface area contributed by atoms with E-state index < -0.39 is 0 Å². The number of benzene rings is 1. The first-order chi connectivity index (χ1) is 4.86. The molecule has 0 saturated carbocycles. The minimum Gasteiger partial charge on any atom is -0.508 e. The van der Waals surface area contributed by atoms with Crippen molar-refractivity contribution < 1.29 is 9.63 Å². The van der Waals surface area contributed by atoms with Crippen LogP contribution in [0, 0.1) is 0 Å². The molecule has 0 fully saturated rings. The molecule has 0 aliphatic rings. The molecule has 0 atom stereocenters.